The largest absolute Gasteiger partial charge is 0.469 e. The SMILES string of the molecule is CC(C)C[O][Ti].COC(=O)CC(C)=O.COC(=O)CC(C)=O.COC(=O)CC(C)=O. The van der Waals surface area contributed by atoms with Crippen molar-refractivity contribution in [3.8, 4) is 0 Å². The van der Waals surface area contributed by atoms with E-state index in [4.69, 9.17) is 3.32 Å². The van der Waals surface area contributed by atoms with E-state index in [1.165, 1.54) is 42.1 Å². The summed E-state index contributed by atoms with van der Waals surface area (Å²) >= 11 is 1.72. The van der Waals surface area contributed by atoms with Gasteiger partial charge < -0.3 is 14.2 Å². The van der Waals surface area contributed by atoms with Crippen LogP contribution in [0.4, 0.5) is 0 Å². The molecule has 0 fully saturated rings. The van der Waals surface area contributed by atoms with Crippen LogP contribution in [0.1, 0.15) is 53.9 Å². The average Bonchev–Trinajstić information content (AvgIpc) is 2.61. The van der Waals surface area contributed by atoms with Gasteiger partial charge in [-0.2, -0.15) is 0 Å². The van der Waals surface area contributed by atoms with E-state index in [-0.39, 0.29) is 36.6 Å². The molecular weight excluding hydrogens is 436 g/mol. The maximum absolute atomic E-state index is 10.2. The van der Waals surface area contributed by atoms with Gasteiger partial charge >= 0.3 is 68.4 Å². The fourth-order valence-electron chi connectivity index (χ4n) is 0.993. The summed E-state index contributed by atoms with van der Waals surface area (Å²) in [5, 5.41) is 0. The average molecular weight is 469 g/mol. The maximum Gasteiger partial charge on any atom is 0.313 e. The number of rotatable bonds is 8. The third-order valence-electron chi connectivity index (χ3n) is 2.28. The second kappa shape index (κ2) is 25.1. The predicted molar refractivity (Wildman–Crippen MR) is 103 cm³/mol. The molecule has 0 radical (unpaired) electrons. The van der Waals surface area contributed by atoms with Crippen molar-refractivity contribution in [2.75, 3.05) is 27.9 Å². The van der Waals surface area contributed by atoms with Crippen molar-refractivity contribution in [1.29, 1.82) is 0 Å². The van der Waals surface area contributed by atoms with Crippen LogP contribution in [-0.2, 0) is 67.1 Å². The molecular formula is C19H33O10Ti. The number of ether oxygens (including phenoxy) is 3. The van der Waals surface area contributed by atoms with Gasteiger partial charge in [0.15, 0.2) is 0 Å². The summed E-state index contributed by atoms with van der Waals surface area (Å²) in [6.07, 6.45) is -0.344. The van der Waals surface area contributed by atoms with E-state index in [1.807, 2.05) is 0 Å². The molecule has 0 aromatic carbocycles. The zero-order valence-corrected chi connectivity index (χ0v) is 20.5. The standard InChI is InChI=1S/3C5H8O3.C4H9O.Ti/c3*1-4(6)3-5(7)8-2;1-4(2)3-5;/h3*3H2,1-2H3;4H,3H2,1-2H3;/q;;;-1;+1. The molecule has 10 nitrogen and oxygen atoms in total. The summed E-state index contributed by atoms with van der Waals surface area (Å²) in [4.78, 5) is 60.9. The van der Waals surface area contributed by atoms with E-state index in [2.05, 4.69) is 28.1 Å². The van der Waals surface area contributed by atoms with E-state index in [1.54, 1.807) is 20.8 Å². The van der Waals surface area contributed by atoms with Crippen LogP contribution in [0, 0.1) is 5.92 Å². The van der Waals surface area contributed by atoms with Gasteiger partial charge in [-0.15, -0.1) is 0 Å². The van der Waals surface area contributed by atoms with Crippen molar-refractivity contribution in [3.63, 3.8) is 0 Å². The number of hydrogen-bond donors (Lipinski definition) is 0. The minimum atomic E-state index is -0.475. The first kappa shape index (κ1) is 35.5. The summed E-state index contributed by atoms with van der Waals surface area (Å²) in [6, 6.07) is 0. The van der Waals surface area contributed by atoms with Crippen LogP contribution in [0.25, 0.3) is 0 Å². The molecule has 0 aromatic rings. The summed E-state index contributed by atoms with van der Waals surface area (Å²) in [6.45, 7) is 9.16. The summed E-state index contributed by atoms with van der Waals surface area (Å²) in [5.74, 6) is -1.26. The Morgan fingerprint density at radius 1 is 0.633 bits per heavy atom. The first-order valence-electron chi connectivity index (χ1n) is 8.74. The Morgan fingerprint density at radius 3 is 0.900 bits per heavy atom. The molecule has 0 aromatic heterocycles. The van der Waals surface area contributed by atoms with E-state index in [0.29, 0.717) is 5.92 Å². The number of esters is 3. The van der Waals surface area contributed by atoms with E-state index in [9.17, 15) is 28.8 Å². The van der Waals surface area contributed by atoms with Gasteiger partial charge in [-0.05, 0) is 20.8 Å². The molecule has 0 aliphatic carbocycles. The molecule has 0 rings (SSSR count). The van der Waals surface area contributed by atoms with E-state index < -0.39 is 17.9 Å². The molecule has 0 unspecified atom stereocenters. The van der Waals surface area contributed by atoms with Crippen LogP contribution >= 0.6 is 0 Å². The van der Waals surface area contributed by atoms with Crippen LogP contribution in [0.5, 0.6) is 0 Å². The van der Waals surface area contributed by atoms with E-state index in [0.717, 1.165) is 6.61 Å². The number of carbonyl (C=O) groups is 6. The van der Waals surface area contributed by atoms with Gasteiger partial charge in [0.1, 0.15) is 36.6 Å². The molecule has 0 N–H and O–H groups in total. The Labute approximate surface area is 190 Å². The first-order chi connectivity index (χ1) is 13.8. The molecule has 0 saturated heterocycles. The number of Topliss-reactive ketones (excluding diaryl/α,β-unsaturated/α-hetero) is 3. The van der Waals surface area contributed by atoms with Crippen molar-refractivity contribution in [2.45, 2.75) is 53.9 Å². The molecule has 0 heterocycles. The molecule has 173 valence electrons. The van der Waals surface area contributed by atoms with E-state index >= 15 is 0 Å². The van der Waals surface area contributed by atoms with Crippen LogP contribution in [0.3, 0.4) is 0 Å². The molecule has 0 atom stereocenters. The van der Waals surface area contributed by atoms with Gasteiger partial charge in [0, 0.05) is 0 Å². The normalized spacial score (nSPS) is 8.53. The van der Waals surface area contributed by atoms with Gasteiger partial charge in [-0.25, -0.2) is 0 Å². The minimum absolute atomic E-state index is 0.115. The van der Waals surface area contributed by atoms with Crippen molar-refractivity contribution in [3.05, 3.63) is 0 Å². The monoisotopic (exact) mass is 469 g/mol. The molecule has 0 bridgehead atoms. The van der Waals surface area contributed by atoms with Crippen LogP contribution in [-0.4, -0.2) is 63.2 Å². The quantitative estimate of drug-likeness (QED) is 0.223. The molecule has 30 heavy (non-hydrogen) atoms. The molecule has 0 amide bonds. The van der Waals surface area contributed by atoms with Gasteiger partial charge in [-0.3, -0.25) is 28.8 Å². The Kier molecular flexibility index (Phi) is 29.8. The van der Waals surface area contributed by atoms with Gasteiger partial charge in [0.2, 0.25) is 0 Å². The Balaban J connectivity index is -0.000000151. The van der Waals surface area contributed by atoms with Crippen molar-refractivity contribution >= 4 is 35.3 Å². The fraction of sp³-hybridized carbons (Fsp3) is 0.684. The molecule has 0 spiro atoms. The number of carbonyl (C=O) groups excluding carboxylic acids is 6. The van der Waals surface area contributed by atoms with Crippen LogP contribution in [0.2, 0.25) is 0 Å². The number of methoxy groups -OCH3 is 3. The zero-order valence-electron chi connectivity index (χ0n) is 19.0. The van der Waals surface area contributed by atoms with Gasteiger partial charge in [0.05, 0.1) is 21.3 Å². The van der Waals surface area contributed by atoms with Gasteiger partial charge in [-0.1, -0.05) is 0 Å². The van der Waals surface area contributed by atoms with Crippen LogP contribution in [0.15, 0.2) is 0 Å². The van der Waals surface area contributed by atoms with Gasteiger partial charge in [0.25, 0.3) is 0 Å². The summed E-state index contributed by atoms with van der Waals surface area (Å²) < 4.78 is 17.4. The second-order valence-electron chi connectivity index (χ2n) is 6.07. The Bertz CT molecular complexity index is 463. The maximum atomic E-state index is 10.2. The minimum Gasteiger partial charge on any atom is -0.469 e. The zero-order chi connectivity index (χ0) is 24.7. The summed E-state index contributed by atoms with van der Waals surface area (Å²) in [7, 11) is 3.77. The molecule has 0 aliphatic heterocycles. The molecule has 0 aliphatic rings. The second-order valence-corrected chi connectivity index (χ2v) is 6.52. The molecule has 0 saturated carbocycles. The first-order valence-corrected chi connectivity index (χ1v) is 9.38. The third kappa shape index (κ3) is 45.1. The predicted octanol–water partition coefficient (Wildman–Crippen LogP) is 1.54. The Hall–Kier alpha value is -1.91. The topological polar surface area (TPSA) is 139 Å². The smallest absolute Gasteiger partial charge is 0.313 e. The Morgan fingerprint density at radius 2 is 0.867 bits per heavy atom. The van der Waals surface area contributed by atoms with Crippen LogP contribution < -0.4 is 0 Å². The van der Waals surface area contributed by atoms with Crippen molar-refractivity contribution < 1.29 is 67.1 Å². The third-order valence-corrected chi connectivity index (χ3v) is 2.54. The van der Waals surface area contributed by atoms with Crippen molar-refractivity contribution in [2.24, 2.45) is 5.92 Å². The fourth-order valence-corrected chi connectivity index (χ4v) is 1.51. The number of ketones is 3. The van der Waals surface area contributed by atoms with Crippen molar-refractivity contribution in [1.82, 2.24) is 0 Å². The summed E-state index contributed by atoms with van der Waals surface area (Å²) in [5.41, 5.74) is 0. The molecule has 11 heteroatoms. The number of hydrogen-bond acceptors (Lipinski definition) is 10.